The Bertz CT molecular complexity index is 450. The molecular formula is C8H13N3O4S2. The number of hydrogen-bond acceptors (Lipinski definition) is 5. The molecule has 0 saturated heterocycles. The minimum absolute atomic E-state index is 0.159. The molecule has 0 fully saturated rings. The highest BCUT2D eigenvalue weighted by molar-refractivity contribution is 7.81. The highest BCUT2D eigenvalue weighted by Gasteiger charge is 2.42. The number of thiazole rings is 1. The van der Waals surface area contributed by atoms with Crippen LogP contribution in [0.15, 0.2) is 6.20 Å². The molecule has 0 bridgehead atoms. The molecule has 0 aliphatic rings. The van der Waals surface area contributed by atoms with Crippen molar-refractivity contribution in [2.45, 2.75) is 25.8 Å². The fraction of sp³-hybridized carbons (Fsp3) is 0.500. The van der Waals surface area contributed by atoms with Crippen molar-refractivity contribution in [2.24, 2.45) is 0 Å². The van der Waals surface area contributed by atoms with Gasteiger partial charge in [-0.05, 0) is 13.3 Å². The standard InChI is InChI=1S/C8H13N3O4S2/c1-3-8(2,6(12)13)11(17(14)15)5-4-10-7(9)16-5/h4H,3H2,1-2H3,(H2,9,10)(H,12,13)(H,14,15). The molecular weight excluding hydrogens is 266 g/mol. The SMILES string of the molecule is CCC(C)(C(=O)O)N(c1cnc(N)s1)S(=O)O. The minimum atomic E-state index is -2.46. The van der Waals surface area contributed by atoms with E-state index in [1.807, 2.05) is 0 Å². The summed E-state index contributed by atoms with van der Waals surface area (Å²) >= 11 is -1.50. The van der Waals surface area contributed by atoms with Gasteiger partial charge in [-0.1, -0.05) is 18.3 Å². The van der Waals surface area contributed by atoms with Gasteiger partial charge < -0.3 is 10.8 Å². The summed E-state index contributed by atoms with van der Waals surface area (Å²) in [6.45, 7) is 3.00. The zero-order valence-corrected chi connectivity index (χ0v) is 10.9. The van der Waals surface area contributed by atoms with E-state index in [2.05, 4.69) is 4.98 Å². The van der Waals surface area contributed by atoms with E-state index >= 15 is 0 Å². The molecule has 17 heavy (non-hydrogen) atoms. The Labute approximate surface area is 105 Å². The summed E-state index contributed by atoms with van der Waals surface area (Å²) < 4.78 is 21.5. The third kappa shape index (κ3) is 2.56. The van der Waals surface area contributed by atoms with Gasteiger partial charge in [0.05, 0.1) is 6.20 Å². The molecule has 96 valence electrons. The number of nitrogen functional groups attached to an aromatic ring is 1. The summed E-state index contributed by atoms with van der Waals surface area (Å²) in [6, 6.07) is 0. The maximum atomic E-state index is 11.3. The minimum Gasteiger partial charge on any atom is -0.479 e. The summed E-state index contributed by atoms with van der Waals surface area (Å²) in [4.78, 5) is 15.0. The zero-order valence-electron chi connectivity index (χ0n) is 9.28. The number of aromatic nitrogens is 1. The van der Waals surface area contributed by atoms with Crippen molar-refractivity contribution in [3.63, 3.8) is 0 Å². The number of carboxylic acid groups (broad SMARTS) is 1. The van der Waals surface area contributed by atoms with Crippen molar-refractivity contribution in [1.29, 1.82) is 0 Å². The molecule has 9 heteroatoms. The predicted molar refractivity (Wildman–Crippen MR) is 66.1 cm³/mol. The maximum absolute atomic E-state index is 11.3. The molecule has 0 aliphatic carbocycles. The van der Waals surface area contributed by atoms with Crippen molar-refractivity contribution >= 4 is 38.7 Å². The molecule has 0 aromatic carbocycles. The lowest BCUT2D eigenvalue weighted by atomic mass is 10.00. The van der Waals surface area contributed by atoms with Gasteiger partial charge in [-0.3, -0.25) is 4.55 Å². The second kappa shape index (κ2) is 4.98. The van der Waals surface area contributed by atoms with E-state index in [1.165, 1.54) is 13.1 Å². The topological polar surface area (TPSA) is 117 Å². The van der Waals surface area contributed by atoms with Gasteiger partial charge in [0.15, 0.2) is 10.7 Å². The van der Waals surface area contributed by atoms with Crippen LogP contribution in [0.5, 0.6) is 0 Å². The van der Waals surface area contributed by atoms with Gasteiger partial charge in [0.1, 0.15) is 5.00 Å². The summed E-state index contributed by atoms with van der Waals surface area (Å²) in [6.07, 6.45) is 1.44. The second-order valence-electron chi connectivity index (χ2n) is 3.49. The Kier molecular flexibility index (Phi) is 4.07. The molecule has 2 atom stereocenters. The number of carbonyl (C=O) groups is 1. The molecule has 1 rings (SSSR count). The number of anilines is 2. The highest BCUT2D eigenvalue weighted by atomic mass is 32.2. The van der Waals surface area contributed by atoms with Crippen LogP contribution in [0.4, 0.5) is 10.1 Å². The lowest BCUT2D eigenvalue weighted by Gasteiger charge is -2.33. The lowest BCUT2D eigenvalue weighted by molar-refractivity contribution is -0.142. The normalized spacial score (nSPS) is 16.2. The number of nitrogens with two attached hydrogens (primary N) is 1. The Morgan fingerprint density at radius 1 is 1.76 bits per heavy atom. The van der Waals surface area contributed by atoms with Gasteiger partial charge in [-0.25, -0.2) is 18.3 Å². The number of hydrogen-bond donors (Lipinski definition) is 3. The van der Waals surface area contributed by atoms with Crippen LogP contribution in [0.2, 0.25) is 0 Å². The summed E-state index contributed by atoms with van der Waals surface area (Å²) in [5, 5.41) is 9.64. The van der Waals surface area contributed by atoms with Crippen LogP contribution in [0.3, 0.4) is 0 Å². The molecule has 1 heterocycles. The van der Waals surface area contributed by atoms with Crippen LogP contribution >= 0.6 is 11.3 Å². The largest absolute Gasteiger partial charge is 0.479 e. The van der Waals surface area contributed by atoms with Crippen LogP contribution in [-0.4, -0.2) is 30.4 Å². The molecule has 7 nitrogen and oxygen atoms in total. The molecule has 0 amide bonds. The lowest BCUT2D eigenvalue weighted by Crippen LogP contribution is -2.52. The average Bonchev–Trinajstić information content (AvgIpc) is 2.63. The van der Waals surface area contributed by atoms with Gasteiger partial charge in [0, 0.05) is 0 Å². The monoisotopic (exact) mass is 279 g/mol. The van der Waals surface area contributed by atoms with Crippen LogP contribution in [0.25, 0.3) is 0 Å². The van der Waals surface area contributed by atoms with Crippen molar-refractivity contribution in [2.75, 3.05) is 10.0 Å². The molecule has 4 N–H and O–H groups in total. The van der Waals surface area contributed by atoms with E-state index in [1.54, 1.807) is 6.92 Å². The summed E-state index contributed by atoms with van der Waals surface area (Å²) in [5.74, 6) is -1.19. The first-order chi connectivity index (χ1) is 7.82. The van der Waals surface area contributed by atoms with E-state index in [9.17, 15) is 18.7 Å². The van der Waals surface area contributed by atoms with E-state index < -0.39 is 22.8 Å². The Morgan fingerprint density at radius 3 is 2.65 bits per heavy atom. The van der Waals surface area contributed by atoms with Gasteiger partial charge in [0.25, 0.3) is 11.3 Å². The van der Waals surface area contributed by atoms with Crippen molar-refractivity contribution in [3.05, 3.63) is 6.20 Å². The fourth-order valence-corrected chi connectivity index (χ4v) is 3.01. The van der Waals surface area contributed by atoms with Crippen molar-refractivity contribution in [3.8, 4) is 0 Å². The quantitative estimate of drug-likeness (QED) is 0.690. The molecule has 0 aliphatic heterocycles. The first-order valence-corrected chi connectivity index (χ1v) is 6.56. The smallest absolute Gasteiger partial charge is 0.330 e. The van der Waals surface area contributed by atoms with E-state index in [0.29, 0.717) is 0 Å². The number of carboxylic acids is 1. The van der Waals surface area contributed by atoms with Gasteiger partial charge >= 0.3 is 5.97 Å². The molecule has 1 aromatic rings. The fourth-order valence-electron chi connectivity index (χ4n) is 1.25. The molecule has 0 spiro atoms. The van der Waals surface area contributed by atoms with Gasteiger partial charge in [-0.2, -0.15) is 0 Å². The van der Waals surface area contributed by atoms with E-state index in [4.69, 9.17) is 5.73 Å². The van der Waals surface area contributed by atoms with Gasteiger partial charge in [0.2, 0.25) is 0 Å². The first kappa shape index (κ1) is 13.9. The Morgan fingerprint density at radius 2 is 2.35 bits per heavy atom. The number of rotatable bonds is 5. The summed E-state index contributed by atoms with van der Waals surface area (Å²) in [7, 11) is 0. The summed E-state index contributed by atoms with van der Waals surface area (Å²) in [5.41, 5.74) is 3.94. The molecule has 0 saturated carbocycles. The van der Waals surface area contributed by atoms with E-state index in [-0.39, 0.29) is 16.6 Å². The van der Waals surface area contributed by atoms with Crippen LogP contribution in [-0.2, 0) is 16.1 Å². The zero-order chi connectivity index (χ0) is 13.2. The van der Waals surface area contributed by atoms with Crippen molar-refractivity contribution < 1.29 is 18.7 Å². The molecule has 0 radical (unpaired) electrons. The molecule has 1 aromatic heterocycles. The second-order valence-corrected chi connectivity index (χ2v) is 5.36. The molecule has 2 unspecified atom stereocenters. The Balaban J connectivity index is 3.26. The third-order valence-corrected chi connectivity index (χ3v) is 4.30. The van der Waals surface area contributed by atoms with E-state index in [0.717, 1.165) is 15.6 Å². The first-order valence-electron chi connectivity index (χ1n) is 4.68. The van der Waals surface area contributed by atoms with Gasteiger partial charge in [-0.15, -0.1) is 0 Å². The average molecular weight is 279 g/mol. The predicted octanol–water partition coefficient (Wildman–Crippen LogP) is 0.922. The third-order valence-electron chi connectivity index (χ3n) is 2.47. The number of nitrogens with zero attached hydrogens (tertiary/aromatic N) is 2. The van der Waals surface area contributed by atoms with Crippen molar-refractivity contribution in [1.82, 2.24) is 4.98 Å². The highest BCUT2D eigenvalue weighted by Crippen LogP contribution is 2.33. The number of aliphatic carboxylic acids is 1. The van der Waals surface area contributed by atoms with Crippen LogP contribution in [0.1, 0.15) is 20.3 Å². The van der Waals surface area contributed by atoms with Crippen LogP contribution < -0.4 is 10.0 Å². The maximum Gasteiger partial charge on any atom is 0.330 e. The Hall–Kier alpha value is -1.19. The van der Waals surface area contributed by atoms with Crippen LogP contribution in [0, 0.1) is 0 Å².